The zero-order chi connectivity index (χ0) is 35.8. The van der Waals surface area contributed by atoms with Crippen molar-refractivity contribution in [3.05, 3.63) is 73.8 Å². The Morgan fingerprint density at radius 2 is 1.92 bits per heavy atom. The van der Waals surface area contributed by atoms with E-state index in [1.807, 2.05) is 12.1 Å². The molecule has 0 spiro atoms. The summed E-state index contributed by atoms with van der Waals surface area (Å²) in [5.41, 5.74) is 0.674. The monoisotopic (exact) mass is 690 g/mol. The molecule has 2 aliphatic carbocycles. The van der Waals surface area contributed by atoms with Gasteiger partial charge in [-0.15, -0.1) is 5.10 Å². The molecule has 5 atom stereocenters. The SMILES string of the molecule is Cc1cn([C@H]2C[C@H](n3cc(CNC(=O)CCCCCOc4ccc5c(c4)C(=O)C(=O)[C@@H]4C(C)(C)CCC[C@]54C)nn3)[C@@H](CO)O2)c(=O)[nH]c1=O. The molecular weight excluding hydrogens is 644 g/mol. The van der Waals surface area contributed by atoms with E-state index in [4.69, 9.17) is 9.47 Å². The molecule has 2 fully saturated rings. The molecule has 3 aromatic rings. The van der Waals surface area contributed by atoms with Gasteiger partial charge in [0.15, 0.2) is 0 Å². The molecule has 0 bridgehead atoms. The molecule has 268 valence electrons. The van der Waals surface area contributed by atoms with E-state index >= 15 is 0 Å². The summed E-state index contributed by atoms with van der Waals surface area (Å²) in [6.45, 7) is 8.22. The van der Waals surface area contributed by atoms with Crippen LogP contribution >= 0.6 is 0 Å². The van der Waals surface area contributed by atoms with Crippen molar-refractivity contribution in [2.75, 3.05) is 13.2 Å². The van der Waals surface area contributed by atoms with E-state index in [-0.39, 0.29) is 41.6 Å². The summed E-state index contributed by atoms with van der Waals surface area (Å²) in [5.74, 6) is -0.562. The fraction of sp³-hybridized carbons (Fsp3) is 0.583. The second-order valence-corrected chi connectivity index (χ2v) is 14.8. The second kappa shape index (κ2) is 14.1. The van der Waals surface area contributed by atoms with Crippen molar-refractivity contribution in [2.24, 2.45) is 11.3 Å². The Labute approximate surface area is 289 Å². The maximum Gasteiger partial charge on any atom is 0.330 e. The Morgan fingerprint density at radius 1 is 1.12 bits per heavy atom. The summed E-state index contributed by atoms with van der Waals surface area (Å²) in [6, 6.07) is 5.17. The first-order chi connectivity index (χ1) is 23.8. The Bertz CT molecular complexity index is 1890. The number of nitrogens with zero attached hydrogens (tertiary/aromatic N) is 4. The quantitative estimate of drug-likeness (QED) is 0.188. The average Bonchev–Trinajstić information content (AvgIpc) is 3.73. The summed E-state index contributed by atoms with van der Waals surface area (Å²) in [4.78, 5) is 65.3. The number of aromatic amines is 1. The highest BCUT2D eigenvalue weighted by molar-refractivity contribution is 6.46. The van der Waals surface area contributed by atoms with Crippen LogP contribution in [0.15, 0.2) is 40.2 Å². The lowest BCUT2D eigenvalue weighted by Gasteiger charge is -2.52. The van der Waals surface area contributed by atoms with Crippen molar-refractivity contribution in [1.29, 1.82) is 0 Å². The van der Waals surface area contributed by atoms with Crippen molar-refractivity contribution in [3.63, 3.8) is 0 Å². The number of hydrogen-bond donors (Lipinski definition) is 3. The van der Waals surface area contributed by atoms with Gasteiger partial charge in [-0.25, -0.2) is 9.48 Å². The highest BCUT2D eigenvalue weighted by Crippen LogP contribution is 2.56. The van der Waals surface area contributed by atoms with Crippen LogP contribution in [0.5, 0.6) is 5.75 Å². The van der Waals surface area contributed by atoms with Crippen molar-refractivity contribution in [2.45, 2.75) is 109 Å². The minimum Gasteiger partial charge on any atom is -0.494 e. The summed E-state index contributed by atoms with van der Waals surface area (Å²) >= 11 is 0. The first kappa shape index (κ1) is 35.4. The van der Waals surface area contributed by atoms with E-state index in [9.17, 15) is 29.1 Å². The number of aliphatic hydroxyl groups is 1. The van der Waals surface area contributed by atoms with Gasteiger partial charge in [-0.1, -0.05) is 38.5 Å². The molecular formula is C36H46N6O8. The van der Waals surface area contributed by atoms with E-state index in [0.717, 1.165) is 37.7 Å². The van der Waals surface area contributed by atoms with E-state index in [0.29, 0.717) is 48.4 Å². The van der Waals surface area contributed by atoms with E-state index < -0.39 is 35.4 Å². The minimum absolute atomic E-state index is 0.124. The van der Waals surface area contributed by atoms with Gasteiger partial charge in [0.2, 0.25) is 17.5 Å². The van der Waals surface area contributed by atoms with Crippen LogP contribution in [0.3, 0.4) is 0 Å². The predicted octanol–water partition coefficient (Wildman–Crippen LogP) is 3.06. The molecule has 3 N–H and O–H groups in total. The Hall–Kier alpha value is -4.43. The van der Waals surface area contributed by atoms with Crippen LogP contribution in [-0.2, 0) is 26.3 Å². The van der Waals surface area contributed by atoms with Gasteiger partial charge in [-0.3, -0.25) is 28.7 Å². The van der Waals surface area contributed by atoms with Gasteiger partial charge >= 0.3 is 5.69 Å². The minimum atomic E-state index is -0.702. The van der Waals surface area contributed by atoms with Crippen LogP contribution in [0, 0.1) is 18.3 Å². The second-order valence-electron chi connectivity index (χ2n) is 14.8. The third-order valence-electron chi connectivity index (χ3n) is 10.8. The zero-order valence-electron chi connectivity index (χ0n) is 29.1. The topological polar surface area (TPSA) is 187 Å². The lowest BCUT2D eigenvalue weighted by molar-refractivity contribution is -0.128. The number of fused-ring (bicyclic) bond motifs is 3. The number of aliphatic hydroxyl groups excluding tert-OH is 1. The molecule has 14 nitrogen and oxygen atoms in total. The average molecular weight is 691 g/mol. The first-order valence-electron chi connectivity index (χ1n) is 17.4. The molecule has 14 heteroatoms. The van der Waals surface area contributed by atoms with E-state index in [1.54, 1.807) is 23.9 Å². The highest BCUT2D eigenvalue weighted by atomic mass is 16.5. The lowest BCUT2D eigenvalue weighted by atomic mass is 9.50. The summed E-state index contributed by atoms with van der Waals surface area (Å²) in [7, 11) is 0. The normalized spacial score (nSPS) is 25.6. The van der Waals surface area contributed by atoms with Crippen molar-refractivity contribution < 1.29 is 29.0 Å². The lowest BCUT2D eigenvalue weighted by Crippen LogP contribution is -2.54. The van der Waals surface area contributed by atoms with Gasteiger partial charge in [-0.05, 0) is 62.1 Å². The number of hydrogen-bond acceptors (Lipinski definition) is 10. The number of Topliss-reactive ketones (excluding diaryl/α,β-unsaturated/α-hetero) is 2. The number of aromatic nitrogens is 5. The van der Waals surface area contributed by atoms with Crippen LogP contribution in [0.1, 0.15) is 112 Å². The van der Waals surface area contributed by atoms with Gasteiger partial charge in [0, 0.05) is 41.5 Å². The molecule has 0 unspecified atom stereocenters. The van der Waals surface area contributed by atoms with E-state index in [2.05, 4.69) is 41.4 Å². The zero-order valence-corrected chi connectivity index (χ0v) is 29.1. The Balaban J connectivity index is 0.934. The van der Waals surface area contributed by atoms with Crippen LogP contribution in [-0.4, -0.2) is 66.4 Å². The number of unbranched alkanes of at least 4 members (excludes halogenated alkanes) is 2. The molecule has 50 heavy (non-hydrogen) atoms. The van der Waals surface area contributed by atoms with Gasteiger partial charge in [-0.2, -0.15) is 0 Å². The van der Waals surface area contributed by atoms with Gasteiger partial charge in [0.1, 0.15) is 23.8 Å². The van der Waals surface area contributed by atoms with Crippen LogP contribution in [0.4, 0.5) is 0 Å². The number of rotatable bonds is 12. The number of H-pyrrole nitrogens is 1. The van der Waals surface area contributed by atoms with Crippen LogP contribution in [0.2, 0.25) is 0 Å². The molecule has 1 aliphatic heterocycles. The van der Waals surface area contributed by atoms with Gasteiger partial charge < -0.3 is 19.9 Å². The molecule has 0 radical (unpaired) electrons. The maximum absolute atomic E-state index is 13.3. The standard InChI is InChI=1S/C36H46N6O8/c1-21-18-41(34(48)38-33(21)47)29-16-26(27(20-43)50-29)42-19-22(39-40-42)17-37-28(44)9-6-5-7-14-49-23-10-11-25-24(15-23)30(45)31(46)32-35(2,3)12-8-13-36(25,32)4/h10-11,15,18-19,26-27,29,32,43H,5-9,12-14,16-17,20H2,1-4H3,(H,37,44)(H,38,47,48)/t26-,27+,29+,32+,36+/m0/s1. The molecule has 1 amide bonds. The predicted molar refractivity (Wildman–Crippen MR) is 181 cm³/mol. The first-order valence-corrected chi connectivity index (χ1v) is 17.4. The molecule has 1 saturated heterocycles. The van der Waals surface area contributed by atoms with Crippen LogP contribution < -0.4 is 21.3 Å². The fourth-order valence-corrected chi connectivity index (χ4v) is 8.28. The highest BCUT2D eigenvalue weighted by Gasteiger charge is 2.56. The number of carbonyl (C=O) groups is 3. The third kappa shape index (κ3) is 6.82. The number of amides is 1. The van der Waals surface area contributed by atoms with Gasteiger partial charge in [0.25, 0.3) is 5.56 Å². The smallest absolute Gasteiger partial charge is 0.330 e. The summed E-state index contributed by atoms with van der Waals surface area (Å²) < 4.78 is 14.7. The van der Waals surface area contributed by atoms with Crippen molar-refractivity contribution in [3.8, 4) is 5.75 Å². The third-order valence-corrected chi connectivity index (χ3v) is 10.8. The molecule has 1 aromatic carbocycles. The number of ether oxygens (including phenoxy) is 2. The number of aryl methyl sites for hydroxylation is 1. The molecule has 1 saturated carbocycles. The summed E-state index contributed by atoms with van der Waals surface area (Å²) in [5, 5.41) is 21.1. The van der Waals surface area contributed by atoms with Crippen molar-refractivity contribution in [1.82, 2.24) is 29.9 Å². The molecule has 3 heterocycles. The van der Waals surface area contributed by atoms with Crippen molar-refractivity contribution >= 4 is 17.5 Å². The number of carbonyl (C=O) groups excluding carboxylic acids is 3. The fourth-order valence-electron chi connectivity index (χ4n) is 8.28. The number of nitrogens with one attached hydrogen (secondary N) is 2. The Kier molecular flexibility index (Phi) is 9.95. The maximum atomic E-state index is 13.3. The largest absolute Gasteiger partial charge is 0.494 e. The van der Waals surface area contributed by atoms with E-state index in [1.165, 1.54) is 10.8 Å². The van der Waals surface area contributed by atoms with Crippen LogP contribution in [0.25, 0.3) is 0 Å². The number of benzene rings is 1. The molecule has 3 aliphatic rings. The number of ketones is 2. The van der Waals surface area contributed by atoms with Gasteiger partial charge in [0.05, 0.1) is 32.0 Å². The Morgan fingerprint density at radius 3 is 2.70 bits per heavy atom. The molecule has 6 rings (SSSR count). The molecule has 2 aromatic heterocycles. The summed E-state index contributed by atoms with van der Waals surface area (Å²) in [6.07, 6.45) is 7.41.